The summed E-state index contributed by atoms with van der Waals surface area (Å²) in [6.07, 6.45) is 11.0. The quantitative estimate of drug-likeness (QED) is 0.423. The van der Waals surface area contributed by atoms with E-state index in [2.05, 4.69) is 5.92 Å². The van der Waals surface area contributed by atoms with E-state index in [1.165, 1.54) is 38.5 Å². The molecule has 0 aliphatic carbocycles. The number of carbonyl (C=O) groups is 1. The first-order chi connectivity index (χ1) is 16.4. The van der Waals surface area contributed by atoms with Crippen LogP contribution in [0.2, 0.25) is 0 Å². The highest BCUT2D eigenvalue weighted by molar-refractivity contribution is 7.96. The van der Waals surface area contributed by atoms with Gasteiger partial charge in [-0.3, -0.25) is 9.10 Å². The van der Waals surface area contributed by atoms with Gasteiger partial charge in [-0.15, -0.1) is 6.42 Å². The largest absolute Gasteiger partial charge is 0.497 e. The van der Waals surface area contributed by atoms with Crippen molar-refractivity contribution in [2.45, 2.75) is 19.8 Å². The van der Waals surface area contributed by atoms with Crippen molar-refractivity contribution in [3.63, 3.8) is 0 Å². The smallest absolute Gasteiger partial charge is 0.264 e. The molecule has 1 aliphatic rings. The Morgan fingerprint density at radius 3 is 2.65 bits per heavy atom. The van der Waals surface area contributed by atoms with Gasteiger partial charge in [0.25, 0.3) is 10.0 Å². The molecule has 0 bridgehead atoms. The molecule has 34 heavy (non-hydrogen) atoms. The van der Waals surface area contributed by atoms with Crippen LogP contribution in [0, 0.1) is 12.3 Å². The molecule has 8 heteroatoms. The molecule has 0 unspecified atom stereocenters. The van der Waals surface area contributed by atoms with Gasteiger partial charge in [0.1, 0.15) is 18.0 Å². The van der Waals surface area contributed by atoms with Crippen LogP contribution in [0.3, 0.4) is 0 Å². The summed E-state index contributed by atoms with van der Waals surface area (Å²) in [5.41, 5.74) is 2.04. The van der Waals surface area contributed by atoms with Crippen LogP contribution in [-0.2, 0) is 21.2 Å². The van der Waals surface area contributed by atoms with Crippen LogP contribution in [0.15, 0.2) is 65.6 Å². The first-order valence-corrected chi connectivity index (χ1v) is 12.2. The Hall–Kier alpha value is -3.70. The minimum absolute atomic E-state index is 0.0397. The van der Waals surface area contributed by atoms with Gasteiger partial charge in [0.2, 0.25) is 5.91 Å². The van der Waals surface area contributed by atoms with Crippen molar-refractivity contribution < 1.29 is 22.7 Å². The lowest BCUT2D eigenvalue weighted by atomic mass is 10.0. The molecule has 3 rings (SSSR count). The molecular weight excluding hydrogens is 452 g/mol. The normalized spacial score (nSPS) is 13.8. The van der Waals surface area contributed by atoms with Gasteiger partial charge in [0.05, 0.1) is 24.8 Å². The zero-order valence-corrected chi connectivity index (χ0v) is 20.3. The third-order valence-corrected chi connectivity index (χ3v) is 7.43. The number of methoxy groups -OCH3 is 2. The molecule has 0 spiro atoms. The fraction of sp³-hybridized carbons (Fsp3) is 0.269. The van der Waals surface area contributed by atoms with Crippen molar-refractivity contribution in [3.8, 4) is 23.8 Å². The summed E-state index contributed by atoms with van der Waals surface area (Å²) in [5.74, 6) is 2.66. The minimum Gasteiger partial charge on any atom is -0.497 e. The van der Waals surface area contributed by atoms with Crippen LogP contribution in [0.1, 0.15) is 18.9 Å². The molecule has 178 valence electrons. The second-order valence-corrected chi connectivity index (χ2v) is 9.38. The number of sulfonamides is 1. The average Bonchev–Trinajstić information content (AvgIpc) is 2.86. The number of allylic oxidation sites excluding steroid dienone is 3. The number of fused-ring (bicyclic) bond motifs is 1. The van der Waals surface area contributed by atoms with Gasteiger partial charge in [-0.05, 0) is 55.7 Å². The summed E-state index contributed by atoms with van der Waals surface area (Å²) >= 11 is 0. The Bertz CT molecular complexity index is 1260. The number of para-hydroxylation sites is 1. The molecule has 2 aromatic carbocycles. The summed E-state index contributed by atoms with van der Waals surface area (Å²) in [4.78, 5) is 15.1. The van der Waals surface area contributed by atoms with Crippen molar-refractivity contribution in [1.29, 1.82) is 0 Å². The molecule has 1 amide bonds. The van der Waals surface area contributed by atoms with E-state index in [1.54, 1.807) is 24.0 Å². The molecule has 0 aromatic heterocycles. The second-order valence-electron chi connectivity index (χ2n) is 7.52. The summed E-state index contributed by atoms with van der Waals surface area (Å²) in [6.45, 7) is 1.67. The number of ether oxygens (including phenoxy) is 2. The molecule has 7 nitrogen and oxygen atoms in total. The van der Waals surface area contributed by atoms with Crippen LogP contribution in [0.25, 0.3) is 0 Å². The third-order valence-electron chi connectivity index (χ3n) is 5.56. The van der Waals surface area contributed by atoms with Crippen molar-refractivity contribution in [3.05, 3.63) is 71.2 Å². The first kappa shape index (κ1) is 24.9. The first-order valence-electron chi connectivity index (χ1n) is 10.8. The Kier molecular flexibility index (Phi) is 8.03. The molecule has 0 saturated carbocycles. The maximum absolute atomic E-state index is 13.8. The number of rotatable bonds is 8. The van der Waals surface area contributed by atoms with Gasteiger partial charge in [-0.2, -0.15) is 0 Å². The number of terminal acetylenes is 1. The van der Waals surface area contributed by atoms with Crippen LogP contribution in [0.4, 0.5) is 11.4 Å². The van der Waals surface area contributed by atoms with Crippen molar-refractivity contribution in [2.75, 3.05) is 36.5 Å². The average molecular weight is 481 g/mol. The molecular formula is C26H28N2O5S. The van der Waals surface area contributed by atoms with E-state index in [0.717, 1.165) is 28.4 Å². The second kappa shape index (κ2) is 10.9. The minimum atomic E-state index is -4.18. The van der Waals surface area contributed by atoms with E-state index in [4.69, 9.17) is 15.9 Å². The van der Waals surface area contributed by atoms with Gasteiger partial charge in [-0.1, -0.05) is 30.2 Å². The van der Waals surface area contributed by atoms with Crippen LogP contribution in [0.5, 0.6) is 11.5 Å². The number of nitrogens with zero attached hydrogens (tertiary/aromatic N) is 2. The van der Waals surface area contributed by atoms with Crippen molar-refractivity contribution >= 4 is 27.3 Å². The monoisotopic (exact) mass is 480 g/mol. The van der Waals surface area contributed by atoms with Crippen LogP contribution in [-0.4, -0.2) is 41.6 Å². The maximum Gasteiger partial charge on any atom is 0.264 e. The Labute approximate surface area is 201 Å². The molecule has 0 atom stereocenters. The van der Waals surface area contributed by atoms with E-state index in [9.17, 15) is 13.2 Å². The third kappa shape index (κ3) is 5.10. The number of amides is 1. The predicted octanol–water partition coefficient (Wildman–Crippen LogP) is 3.91. The number of hydrogen-bond donors (Lipinski definition) is 0. The highest BCUT2D eigenvalue weighted by Gasteiger charge is 2.33. The molecule has 1 aliphatic heterocycles. The van der Waals surface area contributed by atoms with E-state index in [-0.39, 0.29) is 22.2 Å². The molecule has 0 N–H and O–H groups in total. The van der Waals surface area contributed by atoms with Crippen LogP contribution >= 0.6 is 0 Å². The number of aryl methyl sites for hydroxylation is 1. The van der Waals surface area contributed by atoms with Gasteiger partial charge < -0.3 is 14.4 Å². The van der Waals surface area contributed by atoms with Gasteiger partial charge >= 0.3 is 0 Å². The Morgan fingerprint density at radius 2 is 1.97 bits per heavy atom. The van der Waals surface area contributed by atoms with E-state index in [1.807, 2.05) is 24.3 Å². The fourth-order valence-electron chi connectivity index (χ4n) is 3.88. The SMILES string of the molecule is C#C/C=C\C(=C/C)S(=O)(=O)N(CC(=O)N1CCCc2ccccc21)c1cc(OC)ccc1OC. The summed E-state index contributed by atoms with van der Waals surface area (Å²) in [5, 5.41) is 0. The summed E-state index contributed by atoms with van der Waals surface area (Å²) in [6, 6.07) is 12.5. The van der Waals surface area contributed by atoms with Gasteiger partial charge in [0, 0.05) is 18.3 Å². The lowest BCUT2D eigenvalue weighted by Crippen LogP contribution is -2.45. The van der Waals surface area contributed by atoms with Crippen molar-refractivity contribution in [2.24, 2.45) is 0 Å². The maximum atomic E-state index is 13.8. The summed E-state index contributed by atoms with van der Waals surface area (Å²) in [7, 11) is -1.26. The molecule has 0 saturated heterocycles. The number of anilines is 2. The lowest BCUT2D eigenvalue weighted by molar-refractivity contribution is -0.117. The zero-order valence-electron chi connectivity index (χ0n) is 19.5. The topological polar surface area (TPSA) is 76.2 Å². The zero-order chi connectivity index (χ0) is 24.7. The van der Waals surface area contributed by atoms with Crippen molar-refractivity contribution in [1.82, 2.24) is 0 Å². The number of hydrogen-bond acceptors (Lipinski definition) is 5. The highest BCUT2D eigenvalue weighted by atomic mass is 32.2. The molecule has 1 heterocycles. The number of carbonyl (C=O) groups excluding carboxylic acids is 1. The summed E-state index contributed by atoms with van der Waals surface area (Å²) < 4.78 is 39.3. The fourth-order valence-corrected chi connectivity index (χ4v) is 5.36. The van der Waals surface area contributed by atoms with E-state index in [0.29, 0.717) is 12.3 Å². The van der Waals surface area contributed by atoms with Crippen LogP contribution < -0.4 is 18.7 Å². The van der Waals surface area contributed by atoms with Gasteiger partial charge in [-0.25, -0.2) is 8.42 Å². The van der Waals surface area contributed by atoms with E-state index >= 15 is 0 Å². The highest BCUT2D eigenvalue weighted by Crippen LogP contribution is 2.36. The Balaban J connectivity index is 2.11. The number of benzene rings is 2. The predicted molar refractivity (Wildman–Crippen MR) is 135 cm³/mol. The Morgan fingerprint density at radius 1 is 1.21 bits per heavy atom. The lowest BCUT2D eigenvalue weighted by Gasteiger charge is -2.32. The molecule has 2 aromatic rings. The van der Waals surface area contributed by atoms with Gasteiger partial charge in [0.15, 0.2) is 0 Å². The standard InChI is InChI=1S/C26H28N2O5S/c1-5-7-13-22(6-2)34(30,31)28(24-18-21(32-3)15-16-25(24)33-4)19-26(29)27-17-10-12-20-11-8-9-14-23(20)27/h1,6-9,11,13-16,18H,10,12,17,19H2,2-4H3/b13-7-,22-6+. The van der Waals surface area contributed by atoms with E-state index < -0.39 is 16.6 Å². The molecule has 0 radical (unpaired) electrons. The molecule has 0 fully saturated rings.